The largest absolute Gasteiger partial charge is 0.496 e. The Labute approximate surface area is 369 Å². The first-order valence-electron chi connectivity index (χ1n) is 21.5. The van der Waals surface area contributed by atoms with Crippen molar-refractivity contribution in [3.05, 3.63) is 71.8 Å². The van der Waals surface area contributed by atoms with E-state index < -0.39 is 0 Å². The number of hydrogen-bond acceptors (Lipinski definition) is 15. The standard InChI is InChI=1S/C46H63N3O14/c1-55-43-33-36(10-11-37(43)35-50)41-34-39(38-7-2-3-8-40(38)48-41)42(51)9-6-15-47-44(52)14-18-57-20-22-59-24-26-61-28-30-63-32-31-62-29-27-60-25-23-58-21-19-56-17-5-4-16-49-45(53)12-13-46(49)54/h2-3,7-8,10-13,33-34,50H,4-6,9,14-32,35H2,1H3,(H,47,52). The first kappa shape index (κ1) is 50.9. The van der Waals surface area contributed by atoms with Crippen LogP contribution >= 0.6 is 0 Å². The Morgan fingerprint density at radius 3 is 1.73 bits per heavy atom. The highest BCUT2D eigenvalue weighted by atomic mass is 16.6. The summed E-state index contributed by atoms with van der Waals surface area (Å²) >= 11 is 0. The molecule has 0 radical (unpaired) electrons. The molecule has 0 bridgehead atoms. The quantitative estimate of drug-likeness (QED) is 0.0482. The van der Waals surface area contributed by atoms with Crippen LogP contribution in [0.4, 0.5) is 0 Å². The lowest BCUT2D eigenvalue weighted by Crippen LogP contribution is -2.31. The molecular formula is C46H63N3O14. The average Bonchev–Trinajstić information content (AvgIpc) is 3.63. The number of ketones is 1. The molecule has 2 N–H and O–H groups in total. The van der Waals surface area contributed by atoms with Crippen LogP contribution in [-0.4, -0.2) is 164 Å². The zero-order chi connectivity index (χ0) is 44.7. The van der Waals surface area contributed by atoms with Crippen LogP contribution in [0.1, 0.15) is 48.0 Å². The number of benzene rings is 2. The molecule has 1 aliphatic heterocycles. The van der Waals surface area contributed by atoms with Crippen molar-refractivity contribution in [2.75, 3.05) is 126 Å². The van der Waals surface area contributed by atoms with Crippen molar-refractivity contribution in [3.8, 4) is 17.0 Å². The van der Waals surface area contributed by atoms with Gasteiger partial charge < -0.3 is 53.1 Å². The monoisotopic (exact) mass is 881 g/mol. The van der Waals surface area contributed by atoms with Crippen LogP contribution < -0.4 is 10.1 Å². The number of carbonyl (C=O) groups is 4. The zero-order valence-electron chi connectivity index (χ0n) is 36.4. The smallest absolute Gasteiger partial charge is 0.253 e. The van der Waals surface area contributed by atoms with Crippen molar-refractivity contribution in [1.29, 1.82) is 0 Å². The number of imide groups is 1. The summed E-state index contributed by atoms with van der Waals surface area (Å²) < 4.78 is 49.4. The minimum atomic E-state index is -0.254. The number of hydrogen-bond donors (Lipinski definition) is 2. The molecule has 0 aliphatic carbocycles. The van der Waals surface area contributed by atoms with Gasteiger partial charge in [-0.2, -0.15) is 0 Å². The van der Waals surface area contributed by atoms with E-state index in [0.29, 0.717) is 153 Å². The number of ether oxygens (including phenoxy) is 9. The SMILES string of the molecule is COc1cc(-c2cc(C(=O)CCCNC(=O)CCOCCOCCOCCOCCOCCOCCOCCOCCCCN3C(=O)C=CC3=O)c3ccccc3n2)ccc1CO. The zero-order valence-corrected chi connectivity index (χ0v) is 36.4. The van der Waals surface area contributed by atoms with Crippen LogP contribution in [0.5, 0.6) is 5.75 Å². The average molecular weight is 882 g/mol. The van der Waals surface area contributed by atoms with Gasteiger partial charge in [-0.3, -0.25) is 24.1 Å². The highest BCUT2D eigenvalue weighted by molar-refractivity contribution is 6.12. The molecule has 3 amide bonds. The van der Waals surface area contributed by atoms with E-state index in [1.54, 1.807) is 25.3 Å². The minimum Gasteiger partial charge on any atom is -0.496 e. The highest BCUT2D eigenvalue weighted by Crippen LogP contribution is 2.30. The maximum absolute atomic E-state index is 13.4. The van der Waals surface area contributed by atoms with Gasteiger partial charge in [-0.25, -0.2) is 4.98 Å². The summed E-state index contributed by atoms with van der Waals surface area (Å²) in [7, 11) is 1.54. The first-order valence-corrected chi connectivity index (χ1v) is 21.5. The van der Waals surface area contributed by atoms with E-state index in [1.807, 2.05) is 30.3 Å². The predicted molar refractivity (Wildman–Crippen MR) is 232 cm³/mol. The van der Waals surface area contributed by atoms with E-state index in [9.17, 15) is 24.3 Å². The molecule has 63 heavy (non-hydrogen) atoms. The lowest BCUT2D eigenvalue weighted by molar-refractivity contribution is -0.137. The van der Waals surface area contributed by atoms with Gasteiger partial charge in [-0.1, -0.05) is 30.3 Å². The second-order valence-electron chi connectivity index (χ2n) is 14.2. The van der Waals surface area contributed by atoms with Gasteiger partial charge in [0.1, 0.15) is 5.75 Å². The van der Waals surface area contributed by atoms with Crippen LogP contribution in [0.2, 0.25) is 0 Å². The second-order valence-corrected chi connectivity index (χ2v) is 14.2. The molecule has 17 nitrogen and oxygen atoms in total. The van der Waals surface area contributed by atoms with Crippen molar-refractivity contribution in [3.63, 3.8) is 0 Å². The van der Waals surface area contributed by atoms with Crippen molar-refractivity contribution < 1.29 is 66.9 Å². The van der Waals surface area contributed by atoms with Crippen molar-refractivity contribution in [2.45, 2.75) is 38.7 Å². The Balaban J connectivity index is 0.873. The number of unbranched alkanes of at least 4 members (excludes halogenated alkanes) is 1. The van der Waals surface area contributed by atoms with Gasteiger partial charge in [0.25, 0.3) is 11.8 Å². The Morgan fingerprint density at radius 2 is 1.17 bits per heavy atom. The van der Waals surface area contributed by atoms with E-state index in [-0.39, 0.29) is 49.6 Å². The second kappa shape index (κ2) is 31.2. The third-order valence-electron chi connectivity index (χ3n) is 9.57. The number of aliphatic hydroxyl groups is 1. The molecule has 3 aromatic rings. The molecule has 0 unspecified atom stereocenters. The molecule has 1 aliphatic rings. The van der Waals surface area contributed by atoms with Crippen molar-refractivity contribution in [2.24, 2.45) is 0 Å². The number of rotatable bonds is 37. The van der Waals surface area contributed by atoms with Crippen LogP contribution in [0, 0.1) is 0 Å². The molecule has 2 heterocycles. The van der Waals surface area contributed by atoms with Gasteiger partial charge in [0.2, 0.25) is 5.91 Å². The molecule has 0 saturated carbocycles. The first-order chi connectivity index (χ1) is 30.9. The van der Waals surface area contributed by atoms with E-state index in [2.05, 4.69) is 5.32 Å². The summed E-state index contributed by atoms with van der Waals surface area (Å²) in [5.41, 5.74) is 3.33. The summed E-state index contributed by atoms with van der Waals surface area (Å²) in [5, 5.41) is 13.2. The summed E-state index contributed by atoms with van der Waals surface area (Å²) in [4.78, 5) is 54.6. The number of carbonyl (C=O) groups excluding carboxylic acids is 4. The molecule has 0 atom stereocenters. The Bertz CT molecular complexity index is 1840. The van der Waals surface area contributed by atoms with Crippen molar-refractivity contribution >= 4 is 34.4 Å². The number of aromatic nitrogens is 1. The number of amides is 3. The maximum atomic E-state index is 13.4. The fourth-order valence-corrected chi connectivity index (χ4v) is 6.22. The molecule has 0 spiro atoms. The Kier molecular flexibility index (Phi) is 25.2. The lowest BCUT2D eigenvalue weighted by Gasteiger charge is -2.13. The fraction of sp³-hybridized carbons (Fsp3) is 0.543. The predicted octanol–water partition coefficient (Wildman–Crippen LogP) is 3.71. The highest BCUT2D eigenvalue weighted by Gasteiger charge is 2.22. The number of aliphatic hydroxyl groups excluding tert-OH is 1. The number of nitrogens with zero attached hydrogens (tertiary/aromatic N) is 2. The third kappa shape index (κ3) is 19.7. The van der Waals surface area contributed by atoms with E-state index in [0.717, 1.165) is 17.4 Å². The number of methoxy groups -OCH3 is 1. The summed E-state index contributed by atoms with van der Waals surface area (Å²) in [6.45, 7) is 7.61. The molecular weight excluding hydrogens is 819 g/mol. The molecule has 2 aromatic carbocycles. The topological polar surface area (TPSA) is 200 Å². The van der Waals surface area contributed by atoms with Crippen molar-refractivity contribution in [1.82, 2.24) is 15.2 Å². The minimum absolute atomic E-state index is 0.0391. The molecule has 17 heteroatoms. The Morgan fingerprint density at radius 1 is 0.635 bits per heavy atom. The number of para-hydroxylation sites is 1. The fourth-order valence-electron chi connectivity index (χ4n) is 6.22. The number of pyridine rings is 1. The number of fused-ring (bicyclic) bond motifs is 1. The van der Waals surface area contributed by atoms with E-state index in [4.69, 9.17) is 47.6 Å². The van der Waals surface area contributed by atoms with E-state index >= 15 is 0 Å². The normalized spacial score (nSPS) is 12.5. The van der Waals surface area contributed by atoms with Gasteiger partial charge in [0, 0.05) is 66.8 Å². The number of Topliss-reactive ketones (excluding diaryl/α,β-unsaturated/α-hetero) is 1. The molecule has 346 valence electrons. The van der Waals surface area contributed by atoms with Gasteiger partial charge in [0.05, 0.1) is 124 Å². The number of nitrogens with one attached hydrogen (secondary N) is 1. The van der Waals surface area contributed by atoms with E-state index in [1.165, 1.54) is 17.1 Å². The van der Waals surface area contributed by atoms with Crippen LogP contribution in [0.25, 0.3) is 22.2 Å². The van der Waals surface area contributed by atoms with Gasteiger partial charge in [-0.05, 0) is 37.5 Å². The van der Waals surface area contributed by atoms with Gasteiger partial charge in [-0.15, -0.1) is 0 Å². The van der Waals surface area contributed by atoms with Gasteiger partial charge >= 0.3 is 0 Å². The van der Waals surface area contributed by atoms with Crippen LogP contribution in [0.3, 0.4) is 0 Å². The lowest BCUT2D eigenvalue weighted by atomic mass is 9.98. The third-order valence-corrected chi connectivity index (χ3v) is 9.57. The summed E-state index contributed by atoms with van der Waals surface area (Å²) in [6, 6.07) is 14.7. The molecule has 1 aromatic heterocycles. The Hall–Kier alpha value is -4.69. The summed E-state index contributed by atoms with van der Waals surface area (Å²) in [5.74, 6) is -0.149. The van der Waals surface area contributed by atoms with Gasteiger partial charge in [0.15, 0.2) is 5.78 Å². The summed E-state index contributed by atoms with van der Waals surface area (Å²) in [6.07, 6.45) is 5.00. The maximum Gasteiger partial charge on any atom is 0.253 e. The molecule has 0 saturated heterocycles. The molecule has 0 fully saturated rings. The van der Waals surface area contributed by atoms with Crippen LogP contribution in [-0.2, 0) is 58.9 Å². The molecule has 4 rings (SSSR count). The van der Waals surface area contributed by atoms with Crippen LogP contribution in [0.15, 0.2) is 60.7 Å².